The predicted molar refractivity (Wildman–Crippen MR) is 58.6 cm³/mol. The fourth-order valence-corrected chi connectivity index (χ4v) is 1.90. The van der Waals surface area contributed by atoms with Gasteiger partial charge in [0.2, 0.25) is 0 Å². The van der Waals surface area contributed by atoms with Crippen LogP contribution in [0.25, 0.3) is 0 Å². The van der Waals surface area contributed by atoms with Gasteiger partial charge >= 0.3 is 0 Å². The van der Waals surface area contributed by atoms with Gasteiger partial charge in [0.05, 0.1) is 5.88 Å². The fraction of sp³-hybridized carbons (Fsp3) is 0.222. The molecule has 0 atom stereocenters. The molecule has 0 aliphatic rings. The third-order valence-corrected chi connectivity index (χ3v) is 2.98. The number of hydrogen-bond acceptors (Lipinski definition) is 1. The number of Topliss-reactive ketones (excluding diaryl/α,β-unsaturated/α-hetero) is 1. The Balaban J connectivity index is 2.93. The van der Waals surface area contributed by atoms with Gasteiger partial charge in [-0.05, 0) is 17.7 Å². The lowest BCUT2D eigenvalue weighted by Gasteiger charge is -2.04. The maximum absolute atomic E-state index is 11.1. The van der Waals surface area contributed by atoms with Crippen LogP contribution in [0, 0.1) is 0 Å². The maximum atomic E-state index is 11.1. The third-order valence-electron chi connectivity index (χ3n) is 1.58. The second kappa shape index (κ2) is 4.99. The molecule has 0 saturated heterocycles. The molecule has 0 heterocycles. The molecule has 1 rings (SSSR count). The average molecular weight is 282 g/mol. The number of alkyl halides is 1. The van der Waals surface area contributed by atoms with E-state index in [-0.39, 0.29) is 18.1 Å². The summed E-state index contributed by atoms with van der Waals surface area (Å²) in [6, 6.07) is 5.42. The Labute approximate surface area is 95.2 Å². The van der Waals surface area contributed by atoms with E-state index >= 15 is 0 Å². The van der Waals surface area contributed by atoms with Crippen LogP contribution in [0.5, 0.6) is 0 Å². The first-order valence-electron chi connectivity index (χ1n) is 3.65. The molecule has 0 bridgehead atoms. The van der Waals surface area contributed by atoms with E-state index in [1.807, 2.05) is 12.1 Å². The quantitative estimate of drug-likeness (QED) is 0.776. The second-order valence-electron chi connectivity index (χ2n) is 2.55. The van der Waals surface area contributed by atoms with E-state index in [0.29, 0.717) is 5.02 Å². The van der Waals surface area contributed by atoms with Crippen molar-refractivity contribution in [1.82, 2.24) is 0 Å². The molecule has 0 unspecified atom stereocenters. The van der Waals surface area contributed by atoms with Crippen LogP contribution in [0.15, 0.2) is 22.7 Å². The van der Waals surface area contributed by atoms with Gasteiger partial charge in [0.25, 0.3) is 0 Å². The lowest BCUT2D eigenvalue weighted by molar-refractivity contribution is -0.116. The van der Waals surface area contributed by atoms with Gasteiger partial charge in [0.1, 0.15) is 0 Å². The Hall–Kier alpha value is -0.0500. The first kappa shape index (κ1) is 11.0. The molecule has 1 nitrogen and oxygen atoms in total. The lowest BCUT2D eigenvalue weighted by Crippen LogP contribution is -2.04. The number of carbonyl (C=O) groups is 1. The first-order chi connectivity index (χ1) is 6.15. The molecule has 0 aliphatic heterocycles. The van der Waals surface area contributed by atoms with Crippen LogP contribution in [-0.4, -0.2) is 11.7 Å². The zero-order chi connectivity index (χ0) is 9.84. The van der Waals surface area contributed by atoms with E-state index in [1.165, 1.54) is 0 Å². The highest BCUT2D eigenvalue weighted by Crippen LogP contribution is 2.25. The first-order valence-corrected chi connectivity index (χ1v) is 5.36. The van der Waals surface area contributed by atoms with Crippen LogP contribution in [0.4, 0.5) is 0 Å². The summed E-state index contributed by atoms with van der Waals surface area (Å²) in [5, 5.41) is 0.591. The molecule has 0 N–H and O–H groups in total. The van der Waals surface area contributed by atoms with Gasteiger partial charge in [-0.25, -0.2) is 0 Å². The van der Waals surface area contributed by atoms with Crippen LogP contribution in [0.1, 0.15) is 5.56 Å². The van der Waals surface area contributed by atoms with Crippen molar-refractivity contribution in [3.05, 3.63) is 33.3 Å². The van der Waals surface area contributed by atoms with E-state index in [9.17, 15) is 4.79 Å². The molecule has 0 fully saturated rings. The highest BCUT2D eigenvalue weighted by atomic mass is 79.9. The van der Waals surface area contributed by atoms with Gasteiger partial charge < -0.3 is 0 Å². The van der Waals surface area contributed by atoms with E-state index < -0.39 is 0 Å². The zero-order valence-electron chi connectivity index (χ0n) is 6.69. The number of hydrogen-bond donors (Lipinski definition) is 0. The summed E-state index contributed by atoms with van der Waals surface area (Å²) in [5.41, 5.74) is 0.801. The van der Waals surface area contributed by atoms with Crippen LogP contribution < -0.4 is 0 Å². The van der Waals surface area contributed by atoms with Crippen molar-refractivity contribution in [2.24, 2.45) is 0 Å². The summed E-state index contributed by atoms with van der Waals surface area (Å²) in [4.78, 5) is 11.1. The van der Waals surface area contributed by atoms with E-state index in [2.05, 4.69) is 15.9 Å². The van der Waals surface area contributed by atoms with Crippen molar-refractivity contribution in [2.75, 3.05) is 5.88 Å². The largest absolute Gasteiger partial charge is 0.298 e. The molecule has 0 spiro atoms. The number of ketones is 1. The summed E-state index contributed by atoms with van der Waals surface area (Å²) in [5.74, 6) is -0.00652. The lowest BCUT2D eigenvalue weighted by atomic mass is 10.1. The van der Waals surface area contributed by atoms with Crippen LogP contribution >= 0.6 is 39.1 Å². The molecule has 0 aromatic heterocycles. The maximum Gasteiger partial charge on any atom is 0.152 e. The van der Waals surface area contributed by atoms with Gasteiger partial charge in [-0.15, -0.1) is 11.6 Å². The van der Waals surface area contributed by atoms with E-state index in [4.69, 9.17) is 23.2 Å². The fourth-order valence-electron chi connectivity index (χ4n) is 0.946. The average Bonchev–Trinajstić information content (AvgIpc) is 2.11. The SMILES string of the molecule is O=C(CCl)Cc1c(Cl)cccc1Br. The van der Waals surface area contributed by atoms with Crippen LogP contribution in [0.3, 0.4) is 0 Å². The van der Waals surface area contributed by atoms with Crippen LogP contribution in [0.2, 0.25) is 5.02 Å². The minimum absolute atomic E-state index is 0.0255. The molecule has 4 heteroatoms. The topological polar surface area (TPSA) is 17.1 Å². The standard InChI is InChI=1S/C9H7BrCl2O/c10-8-2-1-3-9(12)7(8)4-6(13)5-11/h1-3H,4-5H2. The minimum atomic E-state index is -0.0320. The van der Waals surface area contributed by atoms with Crippen molar-refractivity contribution in [3.8, 4) is 0 Å². The van der Waals surface area contributed by atoms with Gasteiger partial charge in [-0.3, -0.25) is 4.79 Å². The highest BCUT2D eigenvalue weighted by molar-refractivity contribution is 9.10. The Morgan fingerprint density at radius 1 is 1.46 bits per heavy atom. The monoisotopic (exact) mass is 280 g/mol. The number of carbonyl (C=O) groups excluding carboxylic acids is 1. The van der Waals surface area contributed by atoms with Gasteiger partial charge in [0.15, 0.2) is 5.78 Å². The molecule has 0 aliphatic carbocycles. The normalized spacial score (nSPS) is 10.1. The van der Waals surface area contributed by atoms with Crippen molar-refractivity contribution in [2.45, 2.75) is 6.42 Å². The van der Waals surface area contributed by atoms with Gasteiger partial charge in [-0.1, -0.05) is 33.6 Å². The molecule has 0 amide bonds. The summed E-state index contributed by atoms with van der Waals surface area (Å²) >= 11 is 14.6. The highest BCUT2D eigenvalue weighted by Gasteiger charge is 2.08. The molecular formula is C9H7BrCl2O. The Kier molecular flexibility index (Phi) is 4.23. The number of benzene rings is 1. The summed E-state index contributed by atoms with van der Waals surface area (Å²) in [6.07, 6.45) is 0.282. The summed E-state index contributed by atoms with van der Waals surface area (Å²) in [7, 11) is 0. The van der Waals surface area contributed by atoms with E-state index in [1.54, 1.807) is 6.07 Å². The Morgan fingerprint density at radius 2 is 2.15 bits per heavy atom. The molecule has 1 aromatic rings. The Morgan fingerprint density at radius 3 is 2.69 bits per heavy atom. The molecule has 13 heavy (non-hydrogen) atoms. The predicted octanol–water partition coefficient (Wildman–Crippen LogP) is 3.45. The van der Waals surface area contributed by atoms with Crippen molar-refractivity contribution in [3.63, 3.8) is 0 Å². The molecule has 0 radical (unpaired) electrons. The number of rotatable bonds is 3. The summed E-state index contributed by atoms with van der Waals surface area (Å²) < 4.78 is 0.846. The Bertz CT molecular complexity index is 305. The molecular weight excluding hydrogens is 275 g/mol. The zero-order valence-corrected chi connectivity index (χ0v) is 9.79. The molecule has 0 saturated carbocycles. The number of halogens is 3. The molecule has 1 aromatic carbocycles. The van der Waals surface area contributed by atoms with E-state index in [0.717, 1.165) is 10.0 Å². The van der Waals surface area contributed by atoms with Crippen molar-refractivity contribution < 1.29 is 4.79 Å². The van der Waals surface area contributed by atoms with Crippen molar-refractivity contribution in [1.29, 1.82) is 0 Å². The molecule has 70 valence electrons. The van der Waals surface area contributed by atoms with Crippen LogP contribution in [-0.2, 0) is 11.2 Å². The van der Waals surface area contributed by atoms with Gasteiger partial charge in [-0.2, -0.15) is 0 Å². The minimum Gasteiger partial charge on any atom is -0.298 e. The summed E-state index contributed by atoms with van der Waals surface area (Å²) in [6.45, 7) is 0. The second-order valence-corrected chi connectivity index (χ2v) is 4.08. The van der Waals surface area contributed by atoms with Gasteiger partial charge in [0, 0.05) is 15.9 Å². The van der Waals surface area contributed by atoms with Crippen molar-refractivity contribution >= 4 is 44.9 Å². The smallest absolute Gasteiger partial charge is 0.152 e. The third kappa shape index (κ3) is 2.97.